The largest absolute Gasteiger partial charge is 0.391 e. The third-order valence-corrected chi connectivity index (χ3v) is 3.19. The lowest BCUT2D eigenvalue weighted by molar-refractivity contribution is -0.0947. The van der Waals surface area contributed by atoms with Gasteiger partial charge in [0.1, 0.15) is 18.4 Å². The molecule has 9 heteroatoms. The van der Waals surface area contributed by atoms with Gasteiger partial charge in [0.15, 0.2) is 6.23 Å². The van der Waals surface area contributed by atoms with E-state index < -0.39 is 41.4 Å². The molecule has 1 aliphatic rings. The van der Waals surface area contributed by atoms with Crippen molar-refractivity contribution in [2.45, 2.75) is 44.0 Å². The molecule has 9 nitrogen and oxygen atoms in total. The quantitative estimate of drug-likeness (QED) is 0.437. The van der Waals surface area contributed by atoms with E-state index in [4.69, 9.17) is 4.74 Å². The molecule has 5 atom stereocenters. The molecule has 0 aliphatic carbocycles. The molecular weight excluding hydrogens is 282 g/mol. The summed E-state index contributed by atoms with van der Waals surface area (Å²) in [5, 5.41) is 33.8. The standard InChI is InChI=1S/C12H15N3O6/c1-3-4-12(20)9(18)8(6(2)16)21-10(12)15-11(19)14-7(17)5-13-15/h5-6,8-10,16,18,20H,1-2H3,(H,14,17,19)/t6-,8+,9?,10+,12+/m0/s1. The molecular formula is C12H15N3O6. The van der Waals surface area contributed by atoms with E-state index in [2.05, 4.69) is 16.9 Å². The molecule has 1 aromatic rings. The second kappa shape index (κ2) is 5.42. The van der Waals surface area contributed by atoms with Crippen LogP contribution in [-0.4, -0.2) is 54.0 Å². The summed E-state index contributed by atoms with van der Waals surface area (Å²) in [4.78, 5) is 24.8. The van der Waals surface area contributed by atoms with E-state index in [1.807, 2.05) is 4.98 Å². The molecule has 1 unspecified atom stereocenters. The van der Waals surface area contributed by atoms with Crippen LogP contribution >= 0.6 is 0 Å². The van der Waals surface area contributed by atoms with E-state index in [0.29, 0.717) is 4.68 Å². The Bertz CT molecular complexity index is 699. The first-order valence-corrected chi connectivity index (χ1v) is 6.17. The van der Waals surface area contributed by atoms with E-state index in [9.17, 15) is 24.9 Å². The average molecular weight is 297 g/mol. The van der Waals surface area contributed by atoms with Crippen LogP contribution in [0.25, 0.3) is 0 Å². The second-order valence-corrected chi connectivity index (χ2v) is 4.72. The maximum Gasteiger partial charge on any atom is 0.347 e. The molecule has 1 saturated heterocycles. The van der Waals surface area contributed by atoms with E-state index in [0.717, 1.165) is 6.20 Å². The number of H-pyrrole nitrogens is 1. The molecule has 1 aliphatic heterocycles. The second-order valence-electron chi connectivity index (χ2n) is 4.72. The zero-order valence-electron chi connectivity index (χ0n) is 11.3. The lowest BCUT2D eigenvalue weighted by Gasteiger charge is -2.25. The number of hydrogen-bond donors (Lipinski definition) is 4. The Kier molecular flexibility index (Phi) is 3.97. The summed E-state index contributed by atoms with van der Waals surface area (Å²) in [6.07, 6.45) is -4.48. The van der Waals surface area contributed by atoms with Crippen molar-refractivity contribution in [3.05, 3.63) is 27.0 Å². The highest BCUT2D eigenvalue weighted by Crippen LogP contribution is 2.38. The Morgan fingerprint density at radius 3 is 2.76 bits per heavy atom. The Morgan fingerprint density at radius 2 is 2.24 bits per heavy atom. The molecule has 4 N–H and O–H groups in total. The zero-order chi connectivity index (χ0) is 15.8. The van der Waals surface area contributed by atoms with Crippen molar-refractivity contribution in [1.29, 1.82) is 0 Å². The highest BCUT2D eigenvalue weighted by Gasteiger charge is 2.57. The van der Waals surface area contributed by atoms with E-state index >= 15 is 0 Å². The van der Waals surface area contributed by atoms with Crippen LogP contribution < -0.4 is 11.2 Å². The third-order valence-electron chi connectivity index (χ3n) is 3.19. The van der Waals surface area contributed by atoms with Crippen LogP contribution in [0, 0.1) is 11.8 Å². The summed E-state index contributed by atoms with van der Waals surface area (Å²) < 4.78 is 6.00. The van der Waals surface area contributed by atoms with Gasteiger partial charge < -0.3 is 20.1 Å². The summed E-state index contributed by atoms with van der Waals surface area (Å²) in [6, 6.07) is 0. The van der Waals surface area contributed by atoms with E-state index in [-0.39, 0.29) is 0 Å². The van der Waals surface area contributed by atoms with Crippen molar-refractivity contribution in [3.63, 3.8) is 0 Å². The Balaban J connectivity index is 2.56. The molecule has 0 bridgehead atoms. The van der Waals surface area contributed by atoms with Gasteiger partial charge in [-0.3, -0.25) is 9.78 Å². The molecule has 0 saturated carbocycles. The van der Waals surface area contributed by atoms with Crippen LogP contribution in [0.3, 0.4) is 0 Å². The van der Waals surface area contributed by atoms with Crippen molar-refractivity contribution in [3.8, 4) is 11.8 Å². The number of nitrogens with one attached hydrogen (secondary N) is 1. The molecule has 114 valence electrons. The van der Waals surface area contributed by atoms with Crippen LogP contribution in [0.15, 0.2) is 15.8 Å². The van der Waals surface area contributed by atoms with Crippen molar-refractivity contribution < 1.29 is 20.1 Å². The fraction of sp³-hybridized carbons (Fsp3) is 0.583. The molecule has 0 aromatic carbocycles. The maximum absolute atomic E-state index is 11.8. The smallest absolute Gasteiger partial charge is 0.347 e. The van der Waals surface area contributed by atoms with E-state index in [1.54, 1.807) is 0 Å². The Labute approximate surface area is 118 Å². The lowest BCUT2D eigenvalue weighted by atomic mass is 9.93. The zero-order valence-corrected chi connectivity index (χ0v) is 11.3. The van der Waals surface area contributed by atoms with Crippen molar-refractivity contribution >= 4 is 0 Å². The number of ether oxygens (including phenoxy) is 1. The van der Waals surface area contributed by atoms with Crippen LogP contribution in [-0.2, 0) is 4.74 Å². The number of aliphatic hydroxyl groups is 3. The maximum atomic E-state index is 11.8. The van der Waals surface area contributed by atoms with E-state index in [1.165, 1.54) is 13.8 Å². The predicted molar refractivity (Wildman–Crippen MR) is 69.1 cm³/mol. The highest BCUT2D eigenvalue weighted by molar-refractivity contribution is 5.22. The molecule has 21 heavy (non-hydrogen) atoms. The predicted octanol–water partition coefficient (Wildman–Crippen LogP) is -2.67. The van der Waals surface area contributed by atoms with Crippen molar-refractivity contribution in [1.82, 2.24) is 14.8 Å². The summed E-state index contributed by atoms with van der Waals surface area (Å²) in [6.45, 7) is 2.79. The van der Waals surface area contributed by atoms with Crippen LogP contribution in [0.1, 0.15) is 20.1 Å². The van der Waals surface area contributed by atoms with Gasteiger partial charge in [-0.2, -0.15) is 9.78 Å². The van der Waals surface area contributed by atoms with Gasteiger partial charge >= 0.3 is 5.69 Å². The number of hydrogen-bond acceptors (Lipinski definition) is 7. The number of rotatable bonds is 2. The molecule has 1 fully saturated rings. The SMILES string of the molecule is CC#C[C@@]1(O)C(O)[C@@H]([C@H](C)O)O[C@H]1n1ncc(=O)[nH]c1=O. The van der Waals surface area contributed by atoms with Crippen molar-refractivity contribution in [2.75, 3.05) is 0 Å². The summed E-state index contributed by atoms with van der Waals surface area (Å²) in [5.41, 5.74) is -3.79. The minimum absolute atomic E-state index is 0.664. The average Bonchev–Trinajstić information content (AvgIpc) is 2.64. The molecule has 1 aromatic heterocycles. The molecule has 0 spiro atoms. The Hall–Kier alpha value is -1.99. The molecule has 0 amide bonds. The van der Waals surface area contributed by atoms with Gasteiger partial charge in [-0.25, -0.2) is 4.79 Å². The first-order valence-electron chi connectivity index (χ1n) is 6.17. The van der Waals surface area contributed by atoms with Crippen molar-refractivity contribution in [2.24, 2.45) is 0 Å². The number of aliphatic hydroxyl groups excluding tert-OH is 2. The van der Waals surface area contributed by atoms with Gasteiger partial charge in [0, 0.05) is 0 Å². The normalized spacial score (nSPS) is 33.3. The summed E-state index contributed by atoms with van der Waals surface area (Å²) >= 11 is 0. The van der Waals surface area contributed by atoms with Gasteiger partial charge in [-0.1, -0.05) is 5.92 Å². The highest BCUT2D eigenvalue weighted by atomic mass is 16.6. The van der Waals surface area contributed by atoms with Crippen LogP contribution in [0.4, 0.5) is 0 Å². The van der Waals surface area contributed by atoms with Gasteiger partial charge in [-0.05, 0) is 13.8 Å². The van der Waals surface area contributed by atoms with Crippen LogP contribution in [0.5, 0.6) is 0 Å². The molecule has 2 rings (SSSR count). The van der Waals surface area contributed by atoms with Gasteiger partial charge in [0.05, 0.1) is 6.10 Å². The monoisotopic (exact) mass is 297 g/mol. The first kappa shape index (κ1) is 15.4. The molecule has 0 radical (unpaired) electrons. The van der Waals surface area contributed by atoms with Gasteiger partial charge in [-0.15, -0.1) is 5.92 Å². The fourth-order valence-corrected chi connectivity index (χ4v) is 2.21. The van der Waals surface area contributed by atoms with Gasteiger partial charge in [0.2, 0.25) is 5.60 Å². The molecule has 2 heterocycles. The summed E-state index contributed by atoms with van der Waals surface area (Å²) in [7, 11) is 0. The summed E-state index contributed by atoms with van der Waals surface area (Å²) in [5.74, 6) is 4.81. The number of aromatic amines is 1. The number of aromatic nitrogens is 3. The number of nitrogens with zero attached hydrogens (tertiary/aromatic N) is 2. The fourth-order valence-electron chi connectivity index (χ4n) is 2.21. The third kappa shape index (κ3) is 2.50. The Morgan fingerprint density at radius 1 is 1.57 bits per heavy atom. The van der Waals surface area contributed by atoms with Gasteiger partial charge in [0.25, 0.3) is 5.56 Å². The topological polar surface area (TPSA) is 138 Å². The van der Waals surface area contributed by atoms with Crippen LogP contribution in [0.2, 0.25) is 0 Å². The minimum atomic E-state index is -2.15. The lowest BCUT2D eigenvalue weighted by Crippen LogP contribution is -2.49. The first-order chi connectivity index (χ1) is 9.81. The minimum Gasteiger partial charge on any atom is -0.391 e.